The molecule has 0 spiro atoms. The van der Waals surface area contributed by atoms with Crippen LogP contribution in [-0.4, -0.2) is 32.1 Å². The molecule has 0 fully saturated rings. The molecule has 0 aliphatic rings. The number of rotatable bonds is 5. The molecule has 2 N–H and O–H groups in total. The van der Waals surface area contributed by atoms with E-state index >= 15 is 0 Å². The summed E-state index contributed by atoms with van der Waals surface area (Å²) in [6.45, 7) is 0. The number of carboxylic acids is 2. The molecule has 0 saturated heterocycles. The van der Waals surface area contributed by atoms with Gasteiger partial charge in [-0.2, -0.15) is 0 Å². The molecule has 0 bridgehead atoms. The number of hydrogen-bond acceptors (Lipinski definition) is 4. The first-order chi connectivity index (χ1) is 7.09. The first-order valence-electron chi connectivity index (χ1n) is 4.30. The number of carbonyl (C=O) groups is 2. The number of aromatic nitrogens is 2. The normalized spacial score (nSPS) is 10.2. The van der Waals surface area contributed by atoms with Gasteiger partial charge in [-0.05, 0) is 6.07 Å². The molecular weight excluding hydrogens is 200 g/mol. The lowest BCUT2D eigenvalue weighted by molar-refractivity contribution is -0.139. The lowest BCUT2D eigenvalue weighted by Gasteiger charge is -2.09. The van der Waals surface area contributed by atoms with E-state index in [4.69, 9.17) is 10.2 Å². The zero-order chi connectivity index (χ0) is 11.3. The van der Waals surface area contributed by atoms with Crippen LogP contribution in [-0.2, 0) is 9.59 Å². The van der Waals surface area contributed by atoms with Crippen LogP contribution in [0.1, 0.15) is 24.6 Å². The third-order valence-electron chi connectivity index (χ3n) is 1.79. The topological polar surface area (TPSA) is 100 Å². The monoisotopic (exact) mass is 210 g/mol. The molecule has 0 radical (unpaired) electrons. The average Bonchev–Trinajstić information content (AvgIpc) is 2.17. The van der Waals surface area contributed by atoms with Crippen molar-refractivity contribution in [2.75, 3.05) is 0 Å². The fraction of sp³-hybridized carbons (Fsp3) is 0.333. The first-order valence-corrected chi connectivity index (χ1v) is 4.30. The predicted octanol–water partition coefficient (Wildman–Crippen LogP) is 0.510. The first kappa shape index (κ1) is 11.1. The Bertz CT molecular complexity index is 336. The second kappa shape index (κ2) is 5.04. The van der Waals surface area contributed by atoms with Crippen LogP contribution in [0.5, 0.6) is 0 Å². The highest BCUT2D eigenvalue weighted by atomic mass is 16.4. The maximum Gasteiger partial charge on any atom is 0.304 e. The van der Waals surface area contributed by atoms with Crippen molar-refractivity contribution in [3.63, 3.8) is 0 Å². The molecule has 1 rings (SSSR count). The molecule has 1 heterocycles. The molecular formula is C9H10N2O4. The van der Waals surface area contributed by atoms with Crippen molar-refractivity contribution in [3.8, 4) is 0 Å². The van der Waals surface area contributed by atoms with Gasteiger partial charge < -0.3 is 10.2 Å². The molecule has 0 aliphatic heterocycles. The van der Waals surface area contributed by atoms with E-state index in [1.807, 2.05) is 0 Å². The second-order valence-electron chi connectivity index (χ2n) is 3.00. The van der Waals surface area contributed by atoms with Crippen molar-refractivity contribution in [2.45, 2.75) is 18.8 Å². The van der Waals surface area contributed by atoms with Crippen molar-refractivity contribution >= 4 is 11.9 Å². The van der Waals surface area contributed by atoms with Gasteiger partial charge in [-0.25, -0.2) is 9.97 Å². The van der Waals surface area contributed by atoms with E-state index in [1.54, 1.807) is 6.07 Å². The number of nitrogens with zero attached hydrogens (tertiary/aromatic N) is 2. The quantitative estimate of drug-likeness (QED) is 0.734. The van der Waals surface area contributed by atoms with Crippen molar-refractivity contribution in [3.05, 3.63) is 24.3 Å². The maximum atomic E-state index is 10.5. The molecule has 6 nitrogen and oxygen atoms in total. The molecule has 0 atom stereocenters. The molecule has 1 aromatic rings. The minimum Gasteiger partial charge on any atom is -0.481 e. The van der Waals surface area contributed by atoms with Crippen LogP contribution >= 0.6 is 0 Å². The summed E-state index contributed by atoms with van der Waals surface area (Å²) in [6.07, 6.45) is 2.35. The average molecular weight is 210 g/mol. The minimum atomic E-state index is -1.06. The fourth-order valence-corrected chi connectivity index (χ4v) is 1.20. The Morgan fingerprint density at radius 1 is 1.13 bits per heavy atom. The lowest BCUT2D eigenvalue weighted by Crippen LogP contribution is -2.13. The van der Waals surface area contributed by atoms with Gasteiger partial charge in [0.25, 0.3) is 0 Å². The predicted molar refractivity (Wildman–Crippen MR) is 49.3 cm³/mol. The highest BCUT2D eigenvalue weighted by molar-refractivity contribution is 5.72. The van der Waals surface area contributed by atoms with Crippen molar-refractivity contribution < 1.29 is 19.8 Å². The Morgan fingerprint density at radius 3 is 2.00 bits per heavy atom. The molecule has 0 saturated carbocycles. The summed E-state index contributed by atoms with van der Waals surface area (Å²) in [5, 5.41) is 17.2. The number of aliphatic carboxylic acids is 2. The van der Waals surface area contributed by atoms with E-state index in [9.17, 15) is 9.59 Å². The van der Waals surface area contributed by atoms with E-state index in [-0.39, 0.29) is 18.7 Å². The Morgan fingerprint density at radius 2 is 1.60 bits per heavy atom. The maximum absolute atomic E-state index is 10.5. The van der Waals surface area contributed by atoms with Gasteiger partial charge in [-0.1, -0.05) is 0 Å². The van der Waals surface area contributed by atoms with E-state index < -0.39 is 17.9 Å². The zero-order valence-corrected chi connectivity index (χ0v) is 7.83. The smallest absolute Gasteiger partial charge is 0.304 e. The molecule has 0 aromatic carbocycles. The molecule has 0 aliphatic carbocycles. The van der Waals surface area contributed by atoms with Crippen LogP contribution in [0, 0.1) is 0 Å². The molecule has 0 unspecified atom stereocenters. The summed E-state index contributed by atoms with van der Waals surface area (Å²) in [4.78, 5) is 28.7. The van der Waals surface area contributed by atoms with Crippen molar-refractivity contribution in [2.24, 2.45) is 0 Å². The van der Waals surface area contributed by atoms with Gasteiger partial charge in [0, 0.05) is 18.3 Å². The van der Waals surface area contributed by atoms with E-state index in [0.29, 0.717) is 0 Å². The van der Waals surface area contributed by atoms with Crippen LogP contribution in [0.3, 0.4) is 0 Å². The van der Waals surface area contributed by atoms with Crippen LogP contribution in [0.4, 0.5) is 0 Å². The van der Waals surface area contributed by atoms with Gasteiger partial charge in [-0.15, -0.1) is 0 Å². The molecule has 0 amide bonds. The van der Waals surface area contributed by atoms with Gasteiger partial charge in [0.05, 0.1) is 12.8 Å². The summed E-state index contributed by atoms with van der Waals surface area (Å²) in [7, 11) is 0. The van der Waals surface area contributed by atoms with Crippen LogP contribution in [0.15, 0.2) is 18.5 Å². The zero-order valence-electron chi connectivity index (χ0n) is 7.83. The molecule has 80 valence electrons. The van der Waals surface area contributed by atoms with E-state index in [0.717, 1.165) is 0 Å². The summed E-state index contributed by atoms with van der Waals surface area (Å²) in [6, 6.07) is 1.59. The largest absolute Gasteiger partial charge is 0.481 e. The van der Waals surface area contributed by atoms with Crippen LogP contribution < -0.4 is 0 Å². The van der Waals surface area contributed by atoms with Crippen molar-refractivity contribution in [1.29, 1.82) is 0 Å². The third-order valence-corrected chi connectivity index (χ3v) is 1.79. The molecule has 15 heavy (non-hydrogen) atoms. The standard InChI is InChI=1S/C9H10N2O4/c12-7(13)4-6(5-8(14)15)9-10-2-1-3-11-9/h1-3,6H,4-5H2,(H,12,13)(H,14,15). The van der Waals surface area contributed by atoms with E-state index in [1.165, 1.54) is 12.4 Å². The fourth-order valence-electron chi connectivity index (χ4n) is 1.20. The Labute approximate surface area is 85.6 Å². The molecule has 1 aromatic heterocycles. The number of hydrogen-bond donors (Lipinski definition) is 2. The highest BCUT2D eigenvalue weighted by Crippen LogP contribution is 2.19. The van der Waals surface area contributed by atoms with Crippen LogP contribution in [0.2, 0.25) is 0 Å². The Hall–Kier alpha value is -1.98. The Kier molecular flexibility index (Phi) is 3.73. The SMILES string of the molecule is O=C(O)CC(CC(=O)O)c1ncccn1. The number of carboxylic acid groups (broad SMARTS) is 2. The summed E-state index contributed by atoms with van der Waals surface area (Å²) < 4.78 is 0. The van der Waals surface area contributed by atoms with Crippen molar-refractivity contribution in [1.82, 2.24) is 9.97 Å². The summed E-state index contributed by atoms with van der Waals surface area (Å²) in [5.41, 5.74) is 0. The second-order valence-corrected chi connectivity index (χ2v) is 3.00. The summed E-state index contributed by atoms with van der Waals surface area (Å²) >= 11 is 0. The minimum absolute atomic E-state index is 0.252. The van der Waals surface area contributed by atoms with Gasteiger partial charge in [0.2, 0.25) is 0 Å². The van der Waals surface area contributed by atoms with Gasteiger partial charge in [0.15, 0.2) is 0 Å². The van der Waals surface area contributed by atoms with E-state index in [2.05, 4.69) is 9.97 Å². The van der Waals surface area contributed by atoms with Gasteiger partial charge in [-0.3, -0.25) is 9.59 Å². The molecule has 6 heteroatoms. The van der Waals surface area contributed by atoms with Gasteiger partial charge in [0.1, 0.15) is 5.82 Å². The Balaban J connectivity index is 2.81. The van der Waals surface area contributed by atoms with Crippen LogP contribution in [0.25, 0.3) is 0 Å². The third kappa shape index (κ3) is 3.72. The highest BCUT2D eigenvalue weighted by Gasteiger charge is 2.21. The summed E-state index contributed by atoms with van der Waals surface area (Å²) in [5.74, 6) is -2.55. The lowest BCUT2D eigenvalue weighted by atomic mass is 10.0. The van der Waals surface area contributed by atoms with Gasteiger partial charge >= 0.3 is 11.9 Å².